The molecule has 0 unspecified atom stereocenters. The zero-order chi connectivity index (χ0) is 12.8. The minimum Gasteiger partial charge on any atom is -0.396 e. The predicted octanol–water partition coefficient (Wildman–Crippen LogP) is 2.50. The first-order valence-electron chi connectivity index (χ1n) is 5.96. The fraction of sp³-hybridized carbons (Fsp3) is 0.538. The van der Waals surface area contributed by atoms with Crippen LogP contribution >= 0.6 is 15.9 Å². The average Bonchev–Trinajstić information content (AvgIpc) is 2.29. The Balaban J connectivity index is 2.90. The second-order valence-corrected chi connectivity index (χ2v) is 5.20. The molecule has 0 heterocycles. The molecule has 3 N–H and O–H groups in total. The Bertz CT molecular complexity index is 355. The maximum atomic E-state index is 8.93. The Morgan fingerprint density at radius 1 is 1.41 bits per heavy atom. The van der Waals surface area contributed by atoms with Crippen LogP contribution in [0.5, 0.6) is 0 Å². The molecule has 96 valence electrons. The van der Waals surface area contributed by atoms with Crippen molar-refractivity contribution in [2.75, 3.05) is 18.1 Å². The van der Waals surface area contributed by atoms with E-state index in [1.807, 2.05) is 6.07 Å². The van der Waals surface area contributed by atoms with E-state index < -0.39 is 0 Å². The summed E-state index contributed by atoms with van der Waals surface area (Å²) in [7, 11) is 0. The van der Waals surface area contributed by atoms with Crippen LogP contribution in [-0.2, 0) is 6.54 Å². The maximum Gasteiger partial charge on any atom is 0.0447 e. The maximum absolute atomic E-state index is 8.93. The molecule has 1 aromatic carbocycles. The van der Waals surface area contributed by atoms with Crippen LogP contribution in [0.1, 0.15) is 25.8 Å². The summed E-state index contributed by atoms with van der Waals surface area (Å²) in [5.41, 5.74) is 7.92. The number of rotatable bonds is 6. The van der Waals surface area contributed by atoms with Crippen molar-refractivity contribution in [2.45, 2.75) is 32.9 Å². The van der Waals surface area contributed by atoms with Crippen molar-refractivity contribution in [2.24, 2.45) is 5.73 Å². The highest BCUT2D eigenvalue weighted by Gasteiger charge is 2.11. The number of aliphatic hydroxyl groups is 1. The van der Waals surface area contributed by atoms with Gasteiger partial charge in [-0.25, -0.2) is 0 Å². The van der Waals surface area contributed by atoms with E-state index in [1.54, 1.807) is 0 Å². The number of hydrogen-bond donors (Lipinski definition) is 2. The third kappa shape index (κ3) is 3.98. The van der Waals surface area contributed by atoms with Crippen LogP contribution in [0.2, 0.25) is 0 Å². The van der Waals surface area contributed by atoms with Gasteiger partial charge >= 0.3 is 0 Å². The molecule has 1 rings (SSSR count). The molecule has 0 saturated carbocycles. The van der Waals surface area contributed by atoms with Crippen molar-refractivity contribution >= 4 is 21.6 Å². The van der Waals surface area contributed by atoms with Gasteiger partial charge in [-0.1, -0.05) is 22.0 Å². The van der Waals surface area contributed by atoms with Crippen molar-refractivity contribution in [3.05, 3.63) is 28.2 Å². The van der Waals surface area contributed by atoms with Crippen LogP contribution < -0.4 is 10.6 Å². The molecule has 0 atom stereocenters. The van der Waals surface area contributed by atoms with E-state index in [0.717, 1.165) is 28.7 Å². The summed E-state index contributed by atoms with van der Waals surface area (Å²) in [5.74, 6) is 0. The highest BCUT2D eigenvalue weighted by Crippen LogP contribution is 2.25. The van der Waals surface area contributed by atoms with E-state index in [9.17, 15) is 0 Å². The van der Waals surface area contributed by atoms with Crippen LogP contribution in [0.3, 0.4) is 0 Å². The van der Waals surface area contributed by atoms with Crippen LogP contribution in [0.15, 0.2) is 22.7 Å². The van der Waals surface area contributed by atoms with Gasteiger partial charge in [-0.05, 0) is 38.0 Å². The minimum atomic E-state index is 0.227. The van der Waals surface area contributed by atoms with Crippen LogP contribution in [0, 0.1) is 0 Å². The second-order valence-electron chi connectivity index (χ2n) is 4.34. The number of nitrogens with two attached hydrogens (primary N) is 1. The van der Waals surface area contributed by atoms with E-state index in [4.69, 9.17) is 10.8 Å². The van der Waals surface area contributed by atoms with Crippen LogP contribution in [-0.4, -0.2) is 24.3 Å². The van der Waals surface area contributed by atoms with E-state index in [1.165, 1.54) is 0 Å². The topological polar surface area (TPSA) is 49.5 Å². The molecule has 0 spiro atoms. The van der Waals surface area contributed by atoms with Crippen molar-refractivity contribution in [1.29, 1.82) is 0 Å². The van der Waals surface area contributed by atoms with Gasteiger partial charge in [0.2, 0.25) is 0 Å². The van der Waals surface area contributed by atoms with Gasteiger partial charge in [-0.2, -0.15) is 0 Å². The highest BCUT2D eigenvalue weighted by molar-refractivity contribution is 9.10. The Morgan fingerprint density at radius 2 is 2.12 bits per heavy atom. The summed E-state index contributed by atoms with van der Waals surface area (Å²) in [6.45, 7) is 5.94. The van der Waals surface area contributed by atoms with Crippen LogP contribution in [0.25, 0.3) is 0 Å². The Labute approximate surface area is 112 Å². The smallest absolute Gasteiger partial charge is 0.0447 e. The molecule has 3 nitrogen and oxygen atoms in total. The number of anilines is 1. The third-order valence-corrected chi connectivity index (χ3v) is 3.51. The fourth-order valence-corrected chi connectivity index (χ4v) is 2.34. The molecule has 0 radical (unpaired) electrons. The second kappa shape index (κ2) is 6.99. The third-order valence-electron chi connectivity index (χ3n) is 2.77. The molecular formula is C13H21BrN2O. The summed E-state index contributed by atoms with van der Waals surface area (Å²) in [5, 5.41) is 8.93. The molecule has 0 aliphatic carbocycles. The quantitative estimate of drug-likeness (QED) is 0.849. The summed E-state index contributed by atoms with van der Waals surface area (Å²) in [6.07, 6.45) is 0.786. The van der Waals surface area contributed by atoms with Crippen molar-refractivity contribution < 1.29 is 5.11 Å². The SMILES string of the molecule is CC(C)N(CCCO)c1ccc(CN)c(Br)c1. The molecule has 0 saturated heterocycles. The number of halogens is 1. The first-order chi connectivity index (χ1) is 8.10. The normalized spacial score (nSPS) is 10.9. The molecule has 0 aromatic heterocycles. The zero-order valence-corrected chi connectivity index (χ0v) is 12.1. The van der Waals surface area contributed by atoms with Gasteiger partial charge in [0.25, 0.3) is 0 Å². The lowest BCUT2D eigenvalue weighted by atomic mass is 10.1. The van der Waals surface area contributed by atoms with Gasteiger partial charge in [-0.3, -0.25) is 0 Å². The Kier molecular flexibility index (Phi) is 5.95. The van der Waals surface area contributed by atoms with Gasteiger partial charge in [-0.15, -0.1) is 0 Å². The fourth-order valence-electron chi connectivity index (χ4n) is 1.81. The molecule has 0 fully saturated rings. The summed E-state index contributed by atoms with van der Waals surface area (Å²) in [6, 6.07) is 6.65. The first kappa shape index (κ1) is 14.5. The van der Waals surface area contributed by atoms with Crippen molar-refractivity contribution in [1.82, 2.24) is 0 Å². The number of benzene rings is 1. The number of nitrogens with zero attached hydrogens (tertiary/aromatic N) is 1. The summed E-state index contributed by atoms with van der Waals surface area (Å²) in [4.78, 5) is 2.28. The largest absolute Gasteiger partial charge is 0.396 e. The van der Waals surface area contributed by atoms with Gasteiger partial charge in [0, 0.05) is 35.9 Å². The lowest BCUT2D eigenvalue weighted by Crippen LogP contribution is -2.32. The van der Waals surface area contributed by atoms with Gasteiger partial charge in [0.05, 0.1) is 0 Å². The minimum absolute atomic E-state index is 0.227. The lowest BCUT2D eigenvalue weighted by molar-refractivity contribution is 0.288. The standard InChI is InChI=1S/C13H21BrN2O/c1-10(2)16(6-3-7-17)12-5-4-11(9-15)13(14)8-12/h4-5,8,10,17H,3,6-7,9,15H2,1-2H3. The molecule has 0 aliphatic heterocycles. The molecule has 17 heavy (non-hydrogen) atoms. The monoisotopic (exact) mass is 300 g/mol. The predicted molar refractivity (Wildman–Crippen MR) is 76.2 cm³/mol. The average molecular weight is 301 g/mol. The summed E-state index contributed by atoms with van der Waals surface area (Å²) < 4.78 is 1.05. The molecule has 0 amide bonds. The molecular weight excluding hydrogens is 280 g/mol. The van der Waals surface area contributed by atoms with Crippen molar-refractivity contribution in [3.63, 3.8) is 0 Å². The zero-order valence-electron chi connectivity index (χ0n) is 10.5. The van der Waals surface area contributed by atoms with E-state index >= 15 is 0 Å². The van der Waals surface area contributed by atoms with Gasteiger partial charge < -0.3 is 15.7 Å². The van der Waals surface area contributed by atoms with Crippen LogP contribution in [0.4, 0.5) is 5.69 Å². The summed E-state index contributed by atoms with van der Waals surface area (Å²) >= 11 is 3.54. The molecule has 1 aromatic rings. The molecule has 4 heteroatoms. The highest BCUT2D eigenvalue weighted by atomic mass is 79.9. The van der Waals surface area contributed by atoms with Gasteiger partial charge in [0.15, 0.2) is 0 Å². The lowest BCUT2D eigenvalue weighted by Gasteiger charge is -2.29. The molecule has 0 bridgehead atoms. The number of aliphatic hydroxyl groups excluding tert-OH is 1. The van der Waals surface area contributed by atoms with E-state index in [2.05, 4.69) is 46.8 Å². The van der Waals surface area contributed by atoms with Gasteiger partial charge in [0.1, 0.15) is 0 Å². The number of hydrogen-bond acceptors (Lipinski definition) is 3. The van der Waals surface area contributed by atoms with E-state index in [0.29, 0.717) is 12.6 Å². The Hall–Kier alpha value is -0.580. The Morgan fingerprint density at radius 3 is 2.59 bits per heavy atom. The van der Waals surface area contributed by atoms with E-state index in [-0.39, 0.29) is 6.61 Å². The first-order valence-corrected chi connectivity index (χ1v) is 6.75. The molecule has 0 aliphatic rings. The van der Waals surface area contributed by atoms with Crippen molar-refractivity contribution in [3.8, 4) is 0 Å².